The van der Waals surface area contributed by atoms with Gasteiger partial charge in [0, 0.05) is 5.56 Å². The van der Waals surface area contributed by atoms with E-state index >= 15 is 0 Å². The molecule has 120 valence electrons. The number of hydrogen-bond donors (Lipinski definition) is 2. The number of nitrogens with zero attached hydrogens (tertiary/aromatic N) is 1. The van der Waals surface area contributed by atoms with Gasteiger partial charge in [-0.3, -0.25) is 9.59 Å². The van der Waals surface area contributed by atoms with Crippen LogP contribution in [-0.4, -0.2) is 28.6 Å². The van der Waals surface area contributed by atoms with Crippen LogP contribution in [0, 0.1) is 6.92 Å². The molecule has 1 amide bonds. The van der Waals surface area contributed by atoms with Crippen LogP contribution in [0.3, 0.4) is 0 Å². The number of nitrogens with two attached hydrogens (primary N) is 1. The number of esters is 1. The SMILES string of the molecule is CC(=O)c1ccccc1NC(=O)COC(=O)c1c(C)nsc1N. The maximum Gasteiger partial charge on any atom is 0.343 e. The Morgan fingerprint density at radius 1 is 1.30 bits per heavy atom. The van der Waals surface area contributed by atoms with Gasteiger partial charge in [-0.1, -0.05) is 12.1 Å². The van der Waals surface area contributed by atoms with Crippen LogP contribution < -0.4 is 11.1 Å². The number of para-hydroxylation sites is 1. The average molecular weight is 333 g/mol. The third-order valence-electron chi connectivity index (χ3n) is 3.01. The minimum absolute atomic E-state index is 0.173. The van der Waals surface area contributed by atoms with Crippen molar-refractivity contribution >= 4 is 39.9 Å². The monoisotopic (exact) mass is 333 g/mol. The van der Waals surface area contributed by atoms with Crippen LogP contribution in [0.25, 0.3) is 0 Å². The molecule has 0 bridgehead atoms. The smallest absolute Gasteiger partial charge is 0.343 e. The molecule has 7 nitrogen and oxygen atoms in total. The topological polar surface area (TPSA) is 111 Å². The van der Waals surface area contributed by atoms with Gasteiger partial charge in [-0.25, -0.2) is 4.79 Å². The summed E-state index contributed by atoms with van der Waals surface area (Å²) in [6.07, 6.45) is 0. The molecule has 2 rings (SSSR count). The molecule has 0 saturated heterocycles. The molecule has 0 spiro atoms. The lowest BCUT2D eigenvalue weighted by molar-refractivity contribution is -0.119. The lowest BCUT2D eigenvalue weighted by Gasteiger charge is -2.09. The standard InChI is InChI=1S/C15H15N3O4S/c1-8-13(14(16)23-18-8)15(21)22-7-12(20)17-11-6-4-3-5-10(11)9(2)19/h3-6H,7,16H2,1-2H3,(H,17,20). The number of amides is 1. The summed E-state index contributed by atoms with van der Waals surface area (Å²) in [5.74, 6) is -1.43. The van der Waals surface area contributed by atoms with E-state index in [0.717, 1.165) is 11.5 Å². The van der Waals surface area contributed by atoms with Crippen molar-refractivity contribution in [3.05, 3.63) is 41.1 Å². The Hall–Kier alpha value is -2.74. The van der Waals surface area contributed by atoms with E-state index in [1.807, 2.05) is 0 Å². The number of ketones is 1. The van der Waals surface area contributed by atoms with Crippen LogP contribution in [0.1, 0.15) is 33.3 Å². The molecule has 1 aromatic carbocycles. The van der Waals surface area contributed by atoms with E-state index in [-0.39, 0.29) is 16.3 Å². The molecule has 23 heavy (non-hydrogen) atoms. The highest BCUT2D eigenvalue weighted by atomic mass is 32.1. The third kappa shape index (κ3) is 3.92. The Morgan fingerprint density at radius 3 is 2.61 bits per heavy atom. The maximum atomic E-state index is 11.9. The van der Waals surface area contributed by atoms with E-state index in [9.17, 15) is 14.4 Å². The van der Waals surface area contributed by atoms with Crippen molar-refractivity contribution in [2.75, 3.05) is 17.7 Å². The van der Waals surface area contributed by atoms with Crippen molar-refractivity contribution in [3.8, 4) is 0 Å². The van der Waals surface area contributed by atoms with Gasteiger partial charge in [0.05, 0.1) is 11.4 Å². The van der Waals surface area contributed by atoms with Crippen molar-refractivity contribution < 1.29 is 19.1 Å². The Balaban J connectivity index is 1.99. The molecule has 1 aromatic heterocycles. The minimum Gasteiger partial charge on any atom is -0.452 e. The molecular formula is C15H15N3O4S. The molecular weight excluding hydrogens is 318 g/mol. The van der Waals surface area contributed by atoms with Gasteiger partial charge in [-0.2, -0.15) is 4.37 Å². The Bertz CT molecular complexity index is 750. The van der Waals surface area contributed by atoms with Crippen LogP contribution in [-0.2, 0) is 9.53 Å². The minimum atomic E-state index is -0.705. The number of aromatic nitrogens is 1. The lowest BCUT2D eigenvalue weighted by Crippen LogP contribution is -2.22. The number of Topliss-reactive ketones (excluding diaryl/α,β-unsaturated/α-hetero) is 1. The maximum absolute atomic E-state index is 11.9. The molecule has 0 radical (unpaired) electrons. The van der Waals surface area contributed by atoms with Gasteiger partial charge in [0.1, 0.15) is 10.6 Å². The second kappa shape index (κ2) is 7.01. The zero-order valence-electron chi connectivity index (χ0n) is 12.6. The number of nitrogens with one attached hydrogen (secondary N) is 1. The number of carbonyl (C=O) groups excluding carboxylic acids is 3. The zero-order chi connectivity index (χ0) is 17.0. The van der Waals surface area contributed by atoms with Crippen LogP contribution in [0.2, 0.25) is 0 Å². The van der Waals surface area contributed by atoms with Crippen molar-refractivity contribution in [1.82, 2.24) is 4.37 Å². The molecule has 1 heterocycles. The molecule has 0 saturated carbocycles. The van der Waals surface area contributed by atoms with E-state index in [1.54, 1.807) is 31.2 Å². The molecule has 0 aliphatic heterocycles. The van der Waals surface area contributed by atoms with Gasteiger partial charge < -0.3 is 15.8 Å². The first-order valence-electron chi connectivity index (χ1n) is 6.69. The van der Waals surface area contributed by atoms with Gasteiger partial charge in [-0.05, 0) is 37.5 Å². The van der Waals surface area contributed by atoms with Crippen LogP contribution in [0.5, 0.6) is 0 Å². The van der Waals surface area contributed by atoms with Crippen molar-refractivity contribution in [1.29, 1.82) is 0 Å². The molecule has 0 aliphatic rings. The van der Waals surface area contributed by atoms with E-state index < -0.39 is 18.5 Å². The fourth-order valence-electron chi connectivity index (χ4n) is 1.92. The fraction of sp³-hybridized carbons (Fsp3) is 0.200. The van der Waals surface area contributed by atoms with Gasteiger partial charge in [0.15, 0.2) is 12.4 Å². The number of aryl methyl sites for hydroxylation is 1. The highest BCUT2D eigenvalue weighted by molar-refractivity contribution is 7.10. The summed E-state index contributed by atoms with van der Waals surface area (Å²) in [7, 11) is 0. The normalized spacial score (nSPS) is 10.2. The number of nitrogen functional groups attached to an aromatic ring is 1. The molecule has 3 N–H and O–H groups in total. The molecule has 0 aliphatic carbocycles. The molecule has 0 unspecified atom stereocenters. The number of rotatable bonds is 5. The predicted octanol–water partition coefficient (Wildman–Crippen LogP) is 2.03. The number of carbonyl (C=O) groups is 3. The summed E-state index contributed by atoms with van der Waals surface area (Å²) >= 11 is 0.990. The summed E-state index contributed by atoms with van der Waals surface area (Å²) in [5.41, 5.74) is 7.03. The van der Waals surface area contributed by atoms with Crippen LogP contribution in [0.4, 0.5) is 10.7 Å². The molecule has 2 aromatic rings. The molecule has 0 atom stereocenters. The highest BCUT2D eigenvalue weighted by Gasteiger charge is 2.19. The highest BCUT2D eigenvalue weighted by Crippen LogP contribution is 2.21. The second-order valence-corrected chi connectivity index (χ2v) is 5.54. The second-order valence-electron chi connectivity index (χ2n) is 4.73. The first kappa shape index (κ1) is 16.6. The van der Waals surface area contributed by atoms with Gasteiger partial charge in [0.2, 0.25) is 0 Å². The summed E-state index contributed by atoms with van der Waals surface area (Å²) in [6.45, 7) is 2.55. The molecule has 8 heteroatoms. The van der Waals surface area contributed by atoms with Crippen LogP contribution in [0.15, 0.2) is 24.3 Å². The van der Waals surface area contributed by atoms with Gasteiger partial charge in [-0.15, -0.1) is 0 Å². The Kier molecular flexibility index (Phi) is 5.07. The number of benzene rings is 1. The predicted molar refractivity (Wildman–Crippen MR) is 86.6 cm³/mol. The van der Waals surface area contributed by atoms with E-state index in [1.165, 1.54) is 6.92 Å². The van der Waals surface area contributed by atoms with Gasteiger partial charge in [0.25, 0.3) is 5.91 Å². The Morgan fingerprint density at radius 2 is 2.00 bits per heavy atom. The van der Waals surface area contributed by atoms with E-state index in [0.29, 0.717) is 16.9 Å². The van der Waals surface area contributed by atoms with Crippen LogP contribution >= 0.6 is 11.5 Å². The lowest BCUT2D eigenvalue weighted by atomic mass is 10.1. The quantitative estimate of drug-likeness (QED) is 0.640. The Labute approximate surface area is 136 Å². The van der Waals surface area contributed by atoms with Crippen molar-refractivity contribution in [3.63, 3.8) is 0 Å². The summed E-state index contributed by atoms with van der Waals surface area (Å²) in [6, 6.07) is 6.59. The number of anilines is 2. The van der Waals surface area contributed by atoms with E-state index in [4.69, 9.17) is 10.5 Å². The first-order valence-corrected chi connectivity index (χ1v) is 7.46. The number of hydrogen-bond acceptors (Lipinski definition) is 7. The first-order chi connectivity index (χ1) is 10.9. The fourth-order valence-corrected chi connectivity index (χ4v) is 2.57. The third-order valence-corrected chi connectivity index (χ3v) is 3.77. The summed E-state index contributed by atoms with van der Waals surface area (Å²) in [5, 5.41) is 2.79. The van der Waals surface area contributed by atoms with Crippen molar-refractivity contribution in [2.24, 2.45) is 0 Å². The number of ether oxygens (including phenoxy) is 1. The summed E-state index contributed by atoms with van der Waals surface area (Å²) < 4.78 is 8.87. The summed E-state index contributed by atoms with van der Waals surface area (Å²) in [4.78, 5) is 35.3. The molecule has 0 fully saturated rings. The largest absolute Gasteiger partial charge is 0.452 e. The van der Waals surface area contributed by atoms with E-state index in [2.05, 4.69) is 9.69 Å². The van der Waals surface area contributed by atoms with Gasteiger partial charge >= 0.3 is 5.97 Å². The zero-order valence-corrected chi connectivity index (χ0v) is 13.4. The van der Waals surface area contributed by atoms with Crippen molar-refractivity contribution in [2.45, 2.75) is 13.8 Å². The average Bonchev–Trinajstić information content (AvgIpc) is 2.84.